The summed E-state index contributed by atoms with van der Waals surface area (Å²) in [7, 11) is 1.35. The van der Waals surface area contributed by atoms with Gasteiger partial charge in [-0.05, 0) is 61.3 Å². The minimum atomic E-state index is -1.82. The standard InChI is InChI=1S/C45H61N7O13/c1-23(2)19-31-39(58)47-30-17-18-35(55)52(43(30)62)34(21-27-11-9-8-10-12-27)44(63)51(7)33(20-28-13-15-29(54)16-14-28)41(60)49-37(24(3)4)45(64)65-25(5)38(42(61)48-31)50-40(59)32(22-36(56)57)46-26(6)53/h8-16,23-25,30-35,37-38,54-55H,17-22H2,1-7H3,(H,46,53)(H,47,58)(H,48,61)(H,49,60)(H,50,59)(H,56,57). The molecule has 2 aliphatic heterocycles. The van der Waals surface area contributed by atoms with Crippen LogP contribution in [0.3, 0.4) is 0 Å². The van der Waals surface area contributed by atoms with Gasteiger partial charge in [-0.1, -0.05) is 70.2 Å². The Morgan fingerprint density at radius 1 is 0.815 bits per heavy atom. The van der Waals surface area contributed by atoms with Gasteiger partial charge in [-0.3, -0.25) is 38.4 Å². The molecule has 2 aromatic rings. The van der Waals surface area contributed by atoms with E-state index in [0.717, 1.165) is 16.7 Å². The maximum Gasteiger partial charge on any atom is 0.329 e. The van der Waals surface area contributed by atoms with Gasteiger partial charge in [-0.25, -0.2) is 4.79 Å². The smallest absolute Gasteiger partial charge is 0.329 e. The highest BCUT2D eigenvalue weighted by Gasteiger charge is 2.46. The number of aromatic hydroxyl groups is 1. The van der Waals surface area contributed by atoms with Crippen molar-refractivity contribution in [2.45, 2.75) is 135 Å². The van der Waals surface area contributed by atoms with Gasteiger partial charge >= 0.3 is 11.9 Å². The number of phenols is 1. The SMILES string of the molecule is CC(=O)NC(CC(=O)O)C(=O)NC1C(=O)NC(CC(C)C)C(=O)NC2CCC(O)N(C2=O)C(Cc2ccccc2)C(=O)N(C)C(Cc2ccc(O)cc2)C(=O)NC(C(C)C)C(=O)OC1C. The van der Waals surface area contributed by atoms with E-state index in [9.17, 15) is 58.5 Å². The predicted molar refractivity (Wildman–Crippen MR) is 232 cm³/mol. The van der Waals surface area contributed by atoms with Crippen LogP contribution in [0.1, 0.15) is 78.4 Å². The van der Waals surface area contributed by atoms with Crippen molar-refractivity contribution in [2.75, 3.05) is 7.05 Å². The average molecular weight is 908 g/mol. The molecule has 65 heavy (non-hydrogen) atoms. The molecule has 9 atom stereocenters. The van der Waals surface area contributed by atoms with Crippen molar-refractivity contribution in [3.05, 3.63) is 65.7 Å². The number of carboxylic acids is 1. The van der Waals surface area contributed by atoms with Crippen molar-refractivity contribution in [1.29, 1.82) is 0 Å². The Labute approximate surface area is 377 Å². The van der Waals surface area contributed by atoms with E-state index in [1.54, 1.807) is 58.0 Å². The van der Waals surface area contributed by atoms with Gasteiger partial charge < -0.3 is 56.4 Å². The molecule has 0 aliphatic carbocycles. The first-order valence-electron chi connectivity index (χ1n) is 21.6. The van der Waals surface area contributed by atoms with E-state index >= 15 is 0 Å². The number of benzene rings is 2. The summed E-state index contributed by atoms with van der Waals surface area (Å²) < 4.78 is 5.77. The molecule has 0 radical (unpaired) electrons. The van der Waals surface area contributed by atoms with E-state index in [0.29, 0.717) is 11.1 Å². The van der Waals surface area contributed by atoms with Crippen molar-refractivity contribution in [1.82, 2.24) is 36.4 Å². The van der Waals surface area contributed by atoms with Crippen molar-refractivity contribution in [3.8, 4) is 5.75 Å². The zero-order valence-corrected chi connectivity index (χ0v) is 37.6. The lowest BCUT2D eigenvalue weighted by Crippen LogP contribution is -2.65. The molecule has 0 spiro atoms. The molecular weight excluding hydrogens is 847 g/mol. The van der Waals surface area contributed by atoms with Gasteiger partial charge in [0, 0.05) is 26.8 Å². The molecule has 354 valence electrons. The number of cyclic esters (lactones) is 1. The highest BCUT2D eigenvalue weighted by molar-refractivity contribution is 5.98. The maximum atomic E-state index is 15.0. The monoisotopic (exact) mass is 907 g/mol. The Balaban J connectivity index is 1.88. The lowest BCUT2D eigenvalue weighted by Gasteiger charge is -2.43. The van der Waals surface area contributed by atoms with Crippen LogP contribution in [0, 0.1) is 11.8 Å². The molecule has 2 saturated heterocycles. The summed E-state index contributed by atoms with van der Waals surface area (Å²) in [6.45, 7) is 9.01. The number of phenolic OH excluding ortho intramolecular Hbond substituents is 1. The molecule has 2 fully saturated rings. The normalized spacial score (nSPS) is 25.6. The molecule has 2 aliphatic rings. The van der Waals surface area contributed by atoms with Gasteiger partial charge in [-0.2, -0.15) is 0 Å². The molecule has 0 aromatic heterocycles. The summed E-state index contributed by atoms with van der Waals surface area (Å²) in [5, 5.41) is 43.5. The number of likely N-dealkylation sites (N-methyl/N-ethyl adjacent to an activating group) is 1. The van der Waals surface area contributed by atoms with Crippen molar-refractivity contribution in [3.63, 3.8) is 0 Å². The van der Waals surface area contributed by atoms with E-state index in [1.807, 2.05) is 0 Å². The molecule has 8 N–H and O–H groups in total. The molecule has 2 heterocycles. The number of carbonyl (C=O) groups excluding carboxylic acids is 8. The fourth-order valence-electron chi connectivity index (χ4n) is 7.78. The number of piperidine rings is 1. The number of carboxylic acid groups (broad SMARTS) is 1. The van der Waals surface area contributed by atoms with Gasteiger partial charge in [0.05, 0.1) is 6.42 Å². The van der Waals surface area contributed by atoms with E-state index in [2.05, 4.69) is 26.6 Å². The van der Waals surface area contributed by atoms with Crippen LogP contribution in [0.15, 0.2) is 54.6 Å². The lowest BCUT2D eigenvalue weighted by molar-refractivity contribution is -0.165. The van der Waals surface area contributed by atoms with E-state index in [1.165, 1.54) is 38.2 Å². The number of ether oxygens (including phenoxy) is 1. The minimum Gasteiger partial charge on any atom is -0.508 e. The van der Waals surface area contributed by atoms with Crippen LogP contribution >= 0.6 is 0 Å². The number of esters is 1. The third kappa shape index (κ3) is 14.0. The number of aliphatic carboxylic acids is 1. The Morgan fingerprint density at radius 2 is 1.43 bits per heavy atom. The number of aliphatic hydroxyl groups is 1. The van der Waals surface area contributed by atoms with Gasteiger partial charge in [0.15, 0.2) is 0 Å². The second-order valence-electron chi connectivity index (χ2n) is 17.3. The molecule has 4 rings (SSSR count). The van der Waals surface area contributed by atoms with Crippen LogP contribution < -0.4 is 26.6 Å². The zero-order chi connectivity index (χ0) is 48.3. The molecule has 2 aromatic carbocycles. The number of nitrogens with zero attached hydrogens (tertiary/aromatic N) is 2. The fourth-order valence-corrected chi connectivity index (χ4v) is 7.78. The van der Waals surface area contributed by atoms with Crippen LogP contribution in [0.25, 0.3) is 0 Å². The summed E-state index contributed by atoms with van der Waals surface area (Å²) >= 11 is 0. The second-order valence-corrected chi connectivity index (χ2v) is 17.3. The van der Waals surface area contributed by atoms with Crippen LogP contribution in [0.5, 0.6) is 5.75 Å². The summed E-state index contributed by atoms with van der Waals surface area (Å²) in [5.41, 5.74) is 1.10. The highest BCUT2D eigenvalue weighted by Crippen LogP contribution is 2.26. The van der Waals surface area contributed by atoms with Crippen molar-refractivity contribution < 1.29 is 63.2 Å². The first-order chi connectivity index (χ1) is 30.6. The van der Waals surface area contributed by atoms with Crippen LogP contribution in [-0.2, 0) is 60.7 Å². The summed E-state index contributed by atoms with van der Waals surface area (Å²) in [6.07, 6.45) is -4.37. The second kappa shape index (κ2) is 22.9. The fraction of sp³-hybridized carbons (Fsp3) is 0.533. The van der Waals surface area contributed by atoms with E-state index in [4.69, 9.17) is 4.74 Å². The minimum absolute atomic E-state index is 0.00300. The topological polar surface area (TPSA) is 290 Å². The molecule has 7 amide bonds. The zero-order valence-electron chi connectivity index (χ0n) is 37.6. The van der Waals surface area contributed by atoms with Crippen molar-refractivity contribution >= 4 is 53.3 Å². The number of hydrogen-bond donors (Lipinski definition) is 8. The van der Waals surface area contributed by atoms with Crippen LogP contribution in [0.2, 0.25) is 0 Å². The quantitative estimate of drug-likeness (QED) is 0.129. The number of amides is 7. The number of carbonyl (C=O) groups is 9. The third-order valence-corrected chi connectivity index (χ3v) is 11.3. The molecular formula is C45H61N7O13. The Morgan fingerprint density at radius 3 is 2.02 bits per heavy atom. The first kappa shape index (κ1) is 51.1. The van der Waals surface area contributed by atoms with Gasteiger partial charge in [-0.15, -0.1) is 0 Å². The van der Waals surface area contributed by atoms with Gasteiger partial charge in [0.25, 0.3) is 0 Å². The molecule has 2 bridgehead atoms. The molecule has 20 heteroatoms. The Hall–Kier alpha value is -6.57. The Bertz CT molecular complexity index is 2050. The summed E-state index contributed by atoms with van der Waals surface area (Å²) in [4.78, 5) is 126. The maximum absolute atomic E-state index is 15.0. The summed E-state index contributed by atoms with van der Waals surface area (Å²) in [6, 6.07) is 4.10. The van der Waals surface area contributed by atoms with E-state index < -0.39 is 120 Å². The number of rotatable bonds is 12. The van der Waals surface area contributed by atoms with Gasteiger partial charge in [0.2, 0.25) is 41.4 Å². The first-order valence-corrected chi connectivity index (χ1v) is 21.6. The lowest BCUT2D eigenvalue weighted by atomic mass is 9.95. The van der Waals surface area contributed by atoms with Gasteiger partial charge in [0.1, 0.15) is 60.4 Å². The number of nitrogens with one attached hydrogen (secondary N) is 5. The van der Waals surface area contributed by atoms with E-state index in [-0.39, 0.29) is 43.8 Å². The average Bonchev–Trinajstić information content (AvgIpc) is 3.23. The predicted octanol–water partition coefficient (Wildman–Crippen LogP) is -0.120. The highest BCUT2D eigenvalue weighted by atomic mass is 16.5. The number of fused-ring (bicyclic) bond motifs is 2. The van der Waals surface area contributed by atoms with Crippen LogP contribution in [0.4, 0.5) is 0 Å². The molecule has 0 saturated carbocycles. The number of aliphatic hydroxyl groups excluding tert-OH is 1. The summed E-state index contributed by atoms with van der Waals surface area (Å²) in [5.74, 6) is -9.72. The van der Waals surface area contributed by atoms with Crippen LogP contribution in [-0.4, -0.2) is 140 Å². The van der Waals surface area contributed by atoms with Crippen molar-refractivity contribution in [2.24, 2.45) is 11.8 Å². The molecule has 9 unspecified atom stereocenters. The largest absolute Gasteiger partial charge is 0.508 e. The third-order valence-electron chi connectivity index (χ3n) is 11.3. The Kier molecular flexibility index (Phi) is 18.0. The molecule has 20 nitrogen and oxygen atoms in total. The number of hydrogen-bond acceptors (Lipinski definition) is 12.